The fourth-order valence-corrected chi connectivity index (χ4v) is 2.62. The third-order valence-corrected chi connectivity index (χ3v) is 3.93. The highest BCUT2D eigenvalue weighted by atomic mass is 15.3. The van der Waals surface area contributed by atoms with Gasteiger partial charge in [0.05, 0.1) is 20.1 Å². The molecule has 0 bridgehead atoms. The van der Waals surface area contributed by atoms with Crippen LogP contribution in [0.25, 0.3) is 0 Å². The summed E-state index contributed by atoms with van der Waals surface area (Å²) in [5.41, 5.74) is 1.39. The van der Waals surface area contributed by atoms with Crippen LogP contribution in [0.15, 0.2) is 55.6 Å². The highest BCUT2D eigenvalue weighted by Gasteiger charge is 2.28. The molecule has 1 nitrogen and oxygen atoms in total. The van der Waals surface area contributed by atoms with Crippen LogP contribution in [-0.2, 0) is 6.42 Å². The van der Waals surface area contributed by atoms with Gasteiger partial charge in [-0.15, -0.1) is 0 Å². The Bertz CT molecular complexity index is 382. The first-order chi connectivity index (χ1) is 9.16. The third-order valence-electron chi connectivity index (χ3n) is 3.93. The Morgan fingerprint density at radius 2 is 1.89 bits per heavy atom. The lowest BCUT2D eigenvalue weighted by atomic mass is 10.0. The highest BCUT2D eigenvalue weighted by Crippen LogP contribution is 2.18. The van der Waals surface area contributed by atoms with Crippen molar-refractivity contribution in [3.05, 3.63) is 61.2 Å². The average Bonchev–Trinajstić information content (AvgIpc) is 2.44. The van der Waals surface area contributed by atoms with Gasteiger partial charge in [-0.2, -0.15) is 0 Å². The van der Waals surface area contributed by atoms with Gasteiger partial charge in [-0.1, -0.05) is 56.8 Å². The predicted molar refractivity (Wildman–Crippen MR) is 85.2 cm³/mol. The maximum atomic E-state index is 4.06. The largest absolute Gasteiger partial charge is 0.317 e. The molecule has 1 rings (SSSR count). The first-order valence-corrected chi connectivity index (χ1v) is 7.28. The normalized spacial score (nSPS) is 15.5. The molecule has 0 fully saturated rings. The fourth-order valence-electron chi connectivity index (χ4n) is 2.62. The second kappa shape index (κ2) is 7.96. The van der Waals surface area contributed by atoms with Crippen LogP contribution in [0.5, 0.6) is 0 Å². The lowest BCUT2D eigenvalue weighted by molar-refractivity contribution is -0.921. The van der Waals surface area contributed by atoms with E-state index in [4.69, 9.17) is 0 Å². The number of unbranched alkanes of at least 4 members (excludes halogenated alkanes) is 1. The van der Waals surface area contributed by atoms with Crippen molar-refractivity contribution < 1.29 is 4.48 Å². The summed E-state index contributed by atoms with van der Waals surface area (Å²) in [5, 5.41) is 0. The van der Waals surface area contributed by atoms with Crippen LogP contribution in [0, 0.1) is 0 Å². The van der Waals surface area contributed by atoms with E-state index in [2.05, 4.69) is 63.5 Å². The Labute approximate surface area is 118 Å². The smallest absolute Gasteiger partial charge is 0.111 e. The molecule has 0 radical (unpaired) electrons. The van der Waals surface area contributed by atoms with Gasteiger partial charge >= 0.3 is 0 Å². The van der Waals surface area contributed by atoms with E-state index < -0.39 is 0 Å². The van der Waals surface area contributed by atoms with Crippen molar-refractivity contribution in [3.63, 3.8) is 0 Å². The van der Waals surface area contributed by atoms with E-state index in [-0.39, 0.29) is 0 Å². The zero-order chi connectivity index (χ0) is 14.1. The Morgan fingerprint density at radius 3 is 2.42 bits per heavy atom. The van der Waals surface area contributed by atoms with Gasteiger partial charge in [0.15, 0.2) is 0 Å². The zero-order valence-electron chi connectivity index (χ0n) is 12.5. The van der Waals surface area contributed by atoms with E-state index in [0.29, 0.717) is 6.04 Å². The van der Waals surface area contributed by atoms with E-state index in [1.165, 1.54) is 24.9 Å². The van der Waals surface area contributed by atoms with Gasteiger partial charge in [0.25, 0.3) is 0 Å². The molecule has 0 heterocycles. The Hall–Kier alpha value is -1.34. The van der Waals surface area contributed by atoms with Crippen LogP contribution in [0.2, 0.25) is 0 Å². The van der Waals surface area contributed by atoms with Crippen molar-refractivity contribution in [2.45, 2.75) is 32.2 Å². The van der Waals surface area contributed by atoms with Crippen molar-refractivity contribution in [1.82, 2.24) is 0 Å². The second-order valence-corrected chi connectivity index (χ2v) is 5.52. The Balaban J connectivity index is 2.83. The van der Waals surface area contributed by atoms with E-state index in [9.17, 15) is 0 Å². The minimum absolute atomic E-state index is 0.451. The van der Waals surface area contributed by atoms with E-state index >= 15 is 0 Å². The molecule has 19 heavy (non-hydrogen) atoms. The molecule has 0 saturated heterocycles. The average molecular weight is 258 g/mol. The third kappa shape index (κ3) is 4.68. The second-order valence-electron chi connectivity index (χ2n) is 5.52. The molecule has 0 spiro atoms. The minimum atomic E-state index is 0.451. The van der Waals surface area contributed by atoms with Crippen LogP contribution >= 0.6 is 0 Å². The first-order valence-electron chi connectivity index (χ1n) is 7.28. The highest BCUT2D eigenvalue weighted by molar-refractivity contribution is 5.16. The first kappa shape index (κ1) is 15.7. The molecule has 0 aliphatic carbocycles. The molecular formula is C18H28N+. The molecule has 1 aromatic carbocycles. The molecule has 0 aliphatic heterocycles. The number of quaternary nitrogens is 1. The van der Waals surface area contributed by atoms with E-state index in [1.54, 1.807) is 0 Å². The molecule has 104 valence electrons. The van der Waals surface area contributed by atoms with Crippen molar-refractivity contribution in [2.24, 2.45) is 0 Å². The number of hydrogen-bond acceptors (Lipinski definition) is 0. The molecule has 0 aliphatic rings. The van der Waals surface area contributed by atoms with Gasteiger partial charge < -0.3 is 4.48 Å². The predicted octanol–water partition coefficient (Wildman–Crippen LogP) is 4.22. The molecule has 2 unspecified atom stereocenters. The molecule has 1 heteroatoms. The Kier molecular flexibility index (Phi) is 6.58. The summed E-state index contributed by atoms with van der Waals surface area (Å²) in [5.74, 6) is 0. The van der Waals surface area contributed by atoms with Crippen LogP contribution in [0.1, 0.15) is 25.3 Å². The van der Waals surface area contributed by atoms with Crippen molar-refractivity contribution in [1.29, 1.82) is 0 Å². The van der Waals surface area contributed by atoms with E-state index in [0.717, 1.165) is 17.4 Å². The number of nitrogens with zero attached hydrogens (tertiary/aromatic N) is 1. The minimum Gasteiger partial charge on any atom is -0.317 e. The molecule has 0 saturated carbocycles. The van der Waals surface area contributed by atoms with Gasteiger partial charge in [0, 0.05) is 6.42 Å². The number of likely N-dealkylation sites (N-methyl/N-ethyl adjacent to an activating group) is 1. The standard InChI is InChI=1S/C18H28N/c1-5-8-15-19(4,14-6-2)18(7-3)16-17-12-10-9-11-13-17/h6-7,9-13,18H,2-3,5,8,14-16H2,1,4H3/q+1. The zero-order valence-corrected chi connectivity index (χ0v) is 12.5. The van der Waals surface area contributed by atoms with Gasteiger partial charge in [0.1, 0.15) is 6.04 Å². The molecule has 2 atom stereocenters. The van der Waals surface area contributed by atoms with Crippen molar-refractivity contribution in [3.8, 4) is 0 Å². The van der Waals surface area contributed by atoms with Crippen LogP contribution in [-0.4, -0.2) is 30.7 Å². The summed E-state index contributed by atoms with van der Waals surface area (Å²) >= 11 is 0. The topological polar surface area (TPSA) is 0 Å². The molecule has 0 aromatic heterocycles. The summed E-state index contributed by atoms with van der Waals surface area (Å²) in [4.78, 5) is 0. The van der Waals surface area contributed by atoms with Crippen LogP contribution < -0.4 is 0 Å². The van der Waals surface area contributed by atoms with Crippen LogP contribution in [0.4, 0.5) is 0 Å². The van der Waals surface area contributed by atoms with Crippen LogP contribution in [0.3, 0.4) is 0 Å². The van der Waals surface area contributed by atoms with Gasteiger partial charge in [-0.3, -0.25) is 0 Å². The number of hydrogen-bond donors (Lipinski definition) is 0. The summed E-state index contributed by atoms with van der Waals surface area (Å²) in [7, 11) is 2.33. The van der Waals surface area contributed by atoms with Gasteiger partial charge in [0.2, 0.25) is 0 Å². The molecule has 1 aromatic rings. The summed E-state index contributed by atoms with van der Waals surface area (Å²) in [6, 6.07) is 11.1. The van der Waals surface area contributed by atoms with Crippen molar-refractivity contribution in [2.75, 3.05) is 20.1 Å². The summed E-state index contributed by atoms with van der Waals surface area (Å²) in [6.45, 7) is 12.4. The molecule has 0 N–H and O–H groups in total. The SMILES string of the molecule is C=CC[N+](C)(CCCC)C(C=C)Cc1ccccc1. The molecule has 0 amide bonds. The Morgan fingerprint density at radius 1 is 1.21 bits per heavy atom. The summed E-state index contributed by atoms with van der Waals surface area (Å²) < 4.78 is 1.01. The lowest BCUT2D eigenvalue weighted by Gasteiger charge is -2.40. The van der Waals surface area contributed by atoms with Gasteiger partial charge in [-0.05, 0) is 24.1 Å². The fraction of sp³-hybridized carbons (Fsp3) is 0.444. The quantitative estimate of drug-likeness (QED) is 0.459. The maximum absolute atomic E-state index is 4.06. The monoisotopic (exact) mass is 258 g/mol. The van der Waals surface area contributed by atoms with Crippen molar-refractivity contribution >= 4 is 0 Å². The van der Waals surface area contributed by atoms with E-state index in [1.807, 2.05) is 6.08 Å². The number of benzene rings is 1. The molecular weight excluding hydrogens is 230 g/mol. The summed E-state index contributed by atoms with van der Waals surface area (Å²) in [6.07, 6.45) is 7.70. The lowest BCUT2D eigenvalue weighted by Crippen LogP contribution is -2.53. The number of rotatable bonds is 9. The maximum Gasteiger partial charge on any atom is 0.111 e. The van der Waals surface area contributed by atoms with Gasteiger partial charge in [-0.25, -0.2) is 0 Å².